The fraction of sp³-hybridized carbons (Fsp3) is 0.438. The number of nitrogens with zero attached hydrogens (tertiary/aromatic N) is 2. The highest BCUT2D eigenvalue weighted by molar-refractivity contribution is 7.89. The van der Waals surface area contributed by atoms with Gasteiger partial charge in [0.05, 0.1) is 11.3 Å². The first-order valence-electron chi connectivity index (χ1n) is 7.70. The van der Waals surface area contributed by atoms with Gasteiger partial charge in [-0.3, -0.25) is 4.98 Å². The highest BCUT2D eigenvalue weighted by Crippen LogP contribution is 2.23. The Morgan fingerprint density at radius 1 is 1.32 bits per heavy atom. The van der Waals surface area contributed by atoms with E-state index in [1.54, 1.807) is 4.31 Å². The number of hydrogen-bond acceptors (Lipinski definition) is 4. The van der Waals surface area contributed by atoms with Gasteiger partial charge in [0.1, 0.15) is 0 Å². The molecule has 5 nitrogen and oxygen atoms in total. The molecule has 0 aliphatic carbocycles. The first-order valence-corrected chi connectivity index (χ1v) is 9.31. The number of aromatic nitrogens is 1. The predicted octanol–water partition coefficient (Wildman–Crippen LogP) is 2.24. The number of sulfonamides is 1. The van der Waals surface area contributed by atoms with Crippen molar-refractivity contribution in [3.05, 3.63) is 36.0 Å². The van der Waals surface area contributed by atoms with Gasteiger partial charge in [-0.25, -0.2) is 12.7 Å². The molecular formula is C16H21N3O2S. The third kappa shape index (κ3) is 3.08. The summed E-state index contributed by atoms with van der Waals surface area (Å²) >= 11 is 0. The van der Waals surface area contributed by atoms with Gasteiger partial charge in [-0.05, 0) is 25.0 Å². The molecule has 1 aromatic heterocycles. The Hall–Kier alpha value is -1.66. The molecule has 0 unspecified atom stereocenters. The van der Waals surface area contributed by atoms with Crippen LogP contribution in [0, 0.1) is 0 Å². The Labute approximate surface area is 131 Å². The minimum Gasteiger partial charge on any atom is -0.383 e. The standard InChI is InChI=1S/C16H21N3O2S/c1-2-13-12-16(14-6-3-4-7-15(14)18-13)17-8-10-19-9-5-11-22(19,20)21/h3-4,6-7,12H,2,5,8-11H2,1H3,(H,17,18). The number of benzene rings is 1. The van der Waals surface area contributed by atoms with E-state index in [1.807, 2.05) is 24.3 Å². The minimum atomic E-state index is -3.02. The summed E-state index contributed by atoms with van der Waals surface area (Å²) in [6.07, 6.45) is 1.61. The number of aryl methyl sites for hydroxylation is 1. The number of pyridine rings is 1. The van der Waals surface area contributed by atoms with Gasteiger partial charge in [0.25, 0.3) is 0 Å². The first kappa shape index (κ1) is 15.2. The Balaban J connectivity index is 1.76. The lowest BCUT2D eigenvalue weighted by Gasteiger charge is -2.16. The molecule has 0 bridgehead atoms. The first-order chi connectivity index (χ1) is 10.6. The Bertz CT molecular complexity index is 774. The zero-order valence-corrected chi connectivity index (χ0v) is 13.6. The molecule has 0 radical (unpaired) electrons. The van der Waals surface area contributed by atoms with Gasteiger partial charge in [0.15, 0.2) is 0 Å². The quantitative estimate of drug-likeness (QED) is 0.918. The van der Waals surface area contributed by atoms with Gasteiger partial charge in [0.2, 0.25) is 10.0 Å². The maximum absolute atomic E-state index is 11.8. The zero-order valence-electron chi connectivity index (χ0n) is 12.7. The van der Waals surface area contributed by atoms with E-state index in [0.29, 0.717) is 19.6 Å². The molecule has 0 atom stereocenters. The Morgan fingerprint density at radius 2 is 2.14 bits per heavy atom. The van der Waals surface area contributed by atoms with Crippen LogP contribution >= 0.6 is 0 Å². The summed E-state index contributed by atoms with van der Waals surface area (Å²) in [5.41, 5.74) is 3.03. The van der Waals surface area contributed by atoms with Crippen molar-refractivity contribution in [3.8, 4) is 0 Å². The zero-order chi connectivity index (χ0) is 15.6. The molecular weight excluding hydrogens is 298 g/mol. The van der Waals surface area contributed by atoms with Crippen LogP contribution in [0.3, 0.4) is 0 Å². The van der Waals surface area contributed by atoms with Crippen molar-refractivity contribution in [1.82, 2.24) is 9.29 Å². The second-order valence-corrected chi connectivity index (χ2v) is 7.62. The number of hydrogen-bond donors (Lipinski definition) is 1. The lowest BCUT2D eigenvalue weighted by molar-refractivity contribution is 0.456. The molecule has 1 saturated heterocycles. The summed E-state index contributed by atoms with van der Waals surface area (Å²) in [6.45, 7) is 3.84. The Kier molecular flexibility index (Phi) is 4.31. The lowest BCUT2D eigenvalue weighted by Crippen LogP contribution is -2.30. The molecule has 1 aromatic carbocycles. The lowest BCUT2D eigenvalue weighted by atomic mass is 10.1. The monoisotopic (exact) mass is 319 g/mol. The van der Waals surface area contributed by atoms with Crippen LogP contribution in [0.2, 0.25) is 0 Å². The summed E-state index contributed by atoms with van der Waals surface area (Å²) in [6, 6.07) is 10.1. The SMILES string of the molecule is CCc1cc(NCCN2CCCS2(=O)=O)c2ccccc2n1. The molecule has 2 aromatic rings. The average molecular weight is 319 g/mol. The van der Waals surface area contributed by atoms with E-state index in [1.165, 1.54) is 0 Å². The Morgan fingerprint density at radius 3 is 2.86 bits per heavy atom. The van der Waals surface area contributed by atoms with Gasteiger partial charge < -0.3 is 5.32 Å². The van der Waals surface area contributed by atoms with Crippen molar-refractivity contribution < 1.29 is 8.42 Å². The molecule has 1 aliphatic rings. The van der Waals surface area contributed by atoms with Crippen LogP contribution in [-0.2, 0) is 16.4 Å². The summed E-state index contributed by atoms with van der Waals surface area (Å²) in [4.78, 5) is 4.62. The van der Waals surface area contributed by atoms with Crippen molar-refractivity contribution in [1.29, 1.82) is 0 Å². The summed E-state index contributed by atoms with van der Waals surface area (Å²) < 4.78 is 25.2. The highest BCUT2D eigenvalue weighted by Gasteiger charge is 2.27. The molecule has 1 fully saturated rings. The molecule has 2 heterocycles. The fourth-order valence-corrected chi connectivity index (χ4v) is 4.34. The summed E-state index contributed by atoms with van der Waals surface area (Å²) in [7, 11) is -3.02. The van der Waals surface area contributed by atoms with E-state index >= 15 is 0 Å². The number of rotatable bonds is 5. The molecule has 0 amide bonds. The number of anilines is 1. The largest absolute Gasteiger partial charge is 0.383 e. The smallest absolute Gasteiger partial charge is 0.214 e. The maximum atomic E-state index is 11.8. The molecule has 3 rings (SSSR count). The van der Waals surface area contributed by atoms with E-state index in [2.05, 4.69) is 23.3 Å². The molecule has 0 spiro atoms. The van der Waals surface area contributed by atoms with E-state index in [9.17, 15) is 8.42 Å². The van der Waals surface area contributed by atoms with Crippen molar-refractivity contribution in [2.24, 2.45) is 0 Å². The average Bonchev–Trinajstić information content (AvgIpc) is 2.85. The van der Waals surface area contributed by atoms with E-state index in [4.69, 9.17) is 0 Å². The van der Waals surface area contributed by atoms with E-state index in [-0.39, 0.29) is 5.75 Å². The third-order valence-corrected chi connectivity index (χ3v) is 5.97. The molecule has 1 N–H and O–H groups in total. The number of fused-ring (bicyclic) bond motifs is 1. The van der Waals surface area contributed by atoms with Crippen LogP contribution in [0.15, 0.2) is 30.3 Å². The van der Waals surface area contributed by atoms with E-state index < -0.39 is 10.0 Å². The van der Waals surface area contributed by atoms with Crippen molar-refractivity contribution in [2.45, 2.75) is 19.8 Å². The third-order valence-electron chi connectivity index (χ3n) is 4.01. The maximum Gasteiger partial charge on any atom is 0.214 e. The van der Waals surface area contributed by atoms with Crippen molar-refractivity contribution in [2.75, 3.05) is 30.7 Å². The minimum absolute atomic E-state index is 0.283. The molecule has 1 aliphatic heterocycles. The highest BCUT2D eigenvalue weighted by atomic mass is 32.2. The molecule has 22 heavy (non-hydrogen) atoms. The summed E-state index contributed by atoms with van der Waals surface area (Å²) in [5.74, 6) is 0.283. The van der Waals surface area contributed by atoms with Crippen molar-refractivity contribution in [3.63, 3.8) is 0 Å². The van der Waals surface area contributed by atoms with E-state index in [0.717, 1.165) is 35.1 Å². The number of nitrogens with one attached hydrogen (secondary N) is 1. The van der Waals surface area contributed by atoms with Gasteiger partial charge >= 0.3 is 0 Å². The molecule has 6 heteroatoms. The van der Waals surface area contributed by atoms with Gasteiger partial charge in [-0.2, -0.15) is 0 Å². The second-order valence-electron chi connectivity index (χ2n) is 5.53. The second kappa shape index (κ2) is 6.22. The van der Waals surface area contributed by atoms with Crippen LogP contribution in [0.1, 0.15) is 19.0 Å². The van der Waals surface area contributed by atoms with Gasteiger partial charge in [0, 0.05) is 36.4 Å². The van der Waals surface area contributed by atoms with Gasteiger partial charge in [-0.15, -0.1) is 0 Å². The van der Waals surface area contributed by atoms with Gasteiger partial charge in [-0.1, -0.05) is 25.1 Å². The topological polar surface area (TPSA) is 62.3 Å². The van der Waals surface area contributed by atoms with Crippen LogP contribution in [-0.4, -0.2) is 43.1 Å². The fourth-order valence-electron chi connectivity index (χ4n) is 2.82. The van der Waals surface area contributed by atoms with Crippen LogP contribution in [0.25, 0.3) is 10.9 Å². The molecule has 0 saturated carbocycles. The van der Waals surface area contributed by atoms with Crippen LogP contribution in [0.4, 0.5) is 5.69 Å². The predicted molar refractivity (Wildman–Crippen MR) is 89.6 cm³/mol. The van der Waals surface area contributed by atoms with Crippen LogP contribution in [0.5, 0.6) is 0 Å². The summed E-state index contributed by atoms with van der Waals surface area (Å²) in [5, 5.41) is 4.45. The van der Waals surface area contributed by atoms with Crippen molar-refractivity contribution >= 4 is 26.6 Å². The molecule has 118 valence electrons. The number of para-hydroxylation sites is 1. The van der Waals surface area contributed by atoms with Crippen LogP contribution < -0.4 is 5.32 Å². The normalized spacial score (nSPS) is 17.9.